The first kappa shape index (κ1) is 21.5. The van der Waals surface area contributed by atoms with Crippen molar-refractivity contribution in [3.05, 3.63) is 35.2 Å². The van der Waals surface area contributed by atoms with Crippen LogP contribution in [-0.2, 0) is 20.8 Å². The van der Waals surface area contributed by atoms with E-state index in [2.05, 4.69) is 10.3 Å². The summed E-state index contributed by atoms with van der Waals surface area (Å²) in [7, 11) is 3.85. The Labute approximate surface area is 155 Å². The van der Waals surface area contributed by atoms with Crippen LogP contribution in [0.3, 0.4) is 0 Å². The summed E-state index contributed by atoms with van der Waals surface area (Å²) in [4.78, 5) is 18.5. The van der Waals surface area contributed by atoms with Gasteiger partial charge in [0.25, 0.3) is 0 Å². The smallest absolute Gasteiger partial charge is 0.350 e. The van der Waals surface area contributed by atoms with Crippen LogP contribution in [0.5, 0.6) is 0 Å². The first-order chi connectivity index (χ1) is 12.4. The highest BCUT2D eigenvalue weighted by atomic mass is 16.6. The maximum Gasteiger partial charge on any atom is 0.350 e. The average molecular weight is 360 g/mol. The van der Waals surface area contributed by atoms with Crippen LogP contribution in [0.4, 0.5) is 5.82 Å². The molecule has 7 heteroatoms. The highest BCUT2D eigenvalue weighted by molar-refractivity contribution is 5.93. The van der Waals surface area contributed by atoms with Crippen LogP contribution in [-0.4, -0.2) is 44.9 Å². The number of carbonyl (C=O) groups excluding carboxylic acids is 1. The van der Waals surface area contributed by atoms with Crippen molar-refractivity contribution in [2.45, 2.75) is 27.3 Å². The molecule has 7 nitrogen and oxygen atoms in total. The summed E-state index contributed by atoms with van der Waals surface area (Å²) < 4.78 is 10.3. The van der Waals surface area contributed by atoms with Gasteiger partial charge >= 0.3 is 5.97 Å². The van der Waals surface area contributed by atoms with Crippen LogP contribution in [0.15, 0.2) is 29.6 Å². The molecule has 0 saturated heterocycles. The quantitative estimate of drug-likeness (QED) is 0.296. The van der Waals surface area contributed by atoms with Gasteiger partial charge in [-0.2, -0.15) is 5.26 Å². The fourth-order valence-electron chi connectivity index (χ4n) is 2.19. The number of nitriles is 1. The molecule has 142 valence electrons. The Morgan fingerprint density at radius 3 is 2.58 bits per heavy atom. The summed E-state index contributed by atoms with van der Waals surface area (Å²) >= 11 is 0. The van der Waals surface area contributed by atoms with Gasteiger partial charge in [0.2, 0.25) is 0 Å². The second kappa shape index (κ2) is 11.1. The Morgan fingerprint density at radius 2 is 2.08 bits per heavy atom. The molecule has 1 aromatic rings. The number of pyridine rings is 1. The number of nitrogens with one attached hydrogen (secondary N) is 1. The number of hydrogen-bond acceptors (Lipinski definition) is 7. The SMILES string of the molecule is CCOCCOC(=O)/C(C#N)=C(\NCc1ccc(N(C)C)nc1)C(C)C. The van der Waals surface area contributed by atoms with E-state index in [4.69, 9.17) is 9.47 Å². The summed E-state index contributed by atoms with van der Waals surface area (Å²) in [6.07, 6.45) is 1.77. The van der Waals surface area contributed by atoms with Gasteiger partial charge in [0.15, 0.2) is 5.57 Å². The van der Waals surface area contributed by atoms with Crippen molar-refractivity contribution >= 4 is 11.8 Å². The third kappa shape index (κ3) is 6.73. The van der Waals surface area contributed by atoms with Gasteiger partial charge < -0.3 is 19.7 Å². The predicted molar refractivity (Wildman–Crippen MR) is 100 cm³/mol. The highest BCUT2D eigenvalue weighted by Crippen LogP contribution is 2.15. The lowest BCUT2D eigenvalue weighted by Gasteiger charge is -2.17. The van der Waals surface area contributed by atoms with Gasteiger partial charge in [0, 0.05) is 39.1 Å². The number of nitrogens with zero attached hydrogens (tertiary/aromatic N) is 3. The van der Waals surface area contributed by atoms with Crippen molar-refractivity contribution < 1.29 is 14.3 Å². The van der Waals surface area contributed by atoms with E-state index in [1.54, 1.807) is 6.20 Å². The molecule has 0 unspecified atom stereocenters. The predicted octanol–water partition coefficient (Wildman–Crippen LogP) is 2.25. The molecule has 1 aromatic heterocycles. The molecule has 1 N–H and O–H groups in total. The van der Waals surface area contributed by atoms with Crippen LogP contribution >= 0.6 is 0 Å². The Bertz CT molecular complexity index is 646. The summed E-state index contributed by atoms with van der Waals surface area (Å²) in [5.74, 6) is 0.201. The fraction of sp³-hybridized carbons (Fsp3) is 0.526. The molecule has 0 spiro atoms. The molecule has 0 atom stereocenters. The summed E-state index contributed by atoms with van der Waals surface area (Å²) in [6.45, 7) is 7.15. The van der Waals surface area contributed by atoms with Crippen molar-refractivity contribution in [2.24, 2.45) is 5.92 Å². The molecule has 26 heavy (non-hydrogen) atoms. The Kier molecular flexibility index (Phi) is 9.17. The summed E-state index contributed by atoms with van der Waals surface area (Å²) in [5, 5.41) is 12.6. The topological polar surface area (TPSA) is 87.5 Å². The molecule has 0 aliphatic rings. The van der Waals surface area contributed by atoms with Crippen molar-refractivity contribution in [3.63, 3.8) is 0 Å². The van der Waals surface area contributed by atoms with E-state index in [-0.39, 0.29) is 18.1 Å². The molecule has 0 aromatic carbocycles. The lowest BCUT2D eigenvalue weighted by molar-refractivity contribution is -0.140. The molecule has 1 rings (SSSR count). The first-order valence-corrected chi connectivity index (χ1v) is 8.65. The van der Waals surface area contributed by atoms with Crippen molar-refractivity contribution in [2.75, 3.05) is 38.8 Å². The van der Waals surface area contributed by atoms with Crippen LogP contribution in [0.1, 0.15) is 26.3 Å². The largest absolute Gasteiger partial charge is 0.459 e. The molecular formula is C19H28N4O3. The highest BCUT2D eigenvalue weighted by Gasteiger charge is 2.19. The minimum Gasteiger partial charge on any atom is -0.459 e. The number of allylic oxidation sites excluding steroid dienone is 1. The molecular weight excluding hydrogens is 332 g/mol. The van der Waals surface area contributed by atoms with E-state index in [9.17, 15) is 10.1 Å². The first-order valence-electron chi connectivity index (χ1n) is 8.65. The normalized spacial score (nSPS) is 11.6. The third-order valence-electron chi connectivity index (χ3n) is 3.58. The number of carbonyl (C=O) groups is 1. The van der Waals surface area contributed by atoms with E-state index in [1.807, 2.05) is 58.0 Å². The van der Waals surface area contributed by atoms with Crippen LogP contribution < -0.4 is 10.2 Å². The van der Waals surface area contributed by atoms with Gasteiger partial charge in [-0.05, 0) is 24.5 Å². The number of ether oxygens (including phenoxy) is 2. The van der Waals surface area contributed by atoms with E-state index < -0.39 is 5.97 Å². The van der Waals surface area contributed by atoms with Gasteiger partial charge in [-0.1, -0.05) is 19.9 Å². The minimum absolute atomic E-state index is 0.00521. The van der Waals surface area contributed by atoms with E-state index in [0.717, 1.165) is 11.4 Å². The molecule has 0 saturated carbocycles. The number of aromatic nitrogens is 1. The lowest BCUT2D eigenvalue weighted by atomic mass is 10.0. The number of rotatable bonds is 10. The Hall–Kier alpha value is -2.59. The van der Waals surface area contributed by atoms with E-state index in [0.29, 0.717) is 25.5 Å². The number of esters is 1. The molecule has 1 heterocycles. The lowest BCUT2D eigenvalue weighted by Crippen LogP contribution is -2.23. The number of anilines is 1. The zero-order valence-corrected chi connectivity index (χ0v) is 16.2. The zero-order chi connectivity index (χ0) is 19.5. The van der Waals surface area contributed by atoms with Gasteiger partial charge in [-0.25, -0.2) is 9.78 Å². The van der Waals surface area contributed by atoms with E-state index in [1.165, 1.54) is 0 Å². The van der Waals surface area contributed by atoms with Crippen molar-refractivity contribution in [1.29, 1.82) is 5.26 Å². The molecule has 0 fully saturated rings. The van der Waals surface area contributed by atoms with Gasteiger partial charge in [-0.3, -0.25) is 0 Å². The standard InChI is InChI=1S/C19H28N4O3/c1-6-25-9-10-26-19(24)16(11-20)18(14(2)3)22-13-15-7-8-17(21-12-15)23(4)5/h7-8,12,14,22H,6,9-10,13H2,1-5H3/b18-16-. The van der Waals surface area contributed by atoms with E-state index >= 15 is 0 Å². The Morgan fingerprint density at radius 1 is 1.35 bits per heavy atom. The third-order valence-corrected chi connectivity index (χ3v) is 3.58. The molecule has 0 radical (unpaired) electrons. The van der Waals surface area contributed by atoms with Gasteiger partial charge in [0.05, 0.1) is 6.61 Å². The minimum atomic E-state index is -0.635. The summed E-state index contributed by atoms with van der Waals surface area (Å²) in [5.41, 5.74) is 1.51. The van der Waals surface area contributed by atoms with Crippen molar-refractivity contribution in [1.82, 2.24) is 10.3 Å². The Balaban J connectivity index is 2.82. The van der Waals surface area contributed by atoms with Crippen LogP contribution in [0.25, 0.3) is 0 Å². The van der Waals surface area contributed by atoms with Crippen LogP contribution in [0.2, 0.25) is 0 Å². The fourth-order valence-corrected chi connectivity index (χ4v) is 2.19. The molecule has 0 aliphatic carbocycles. The van der Waals surface area contributed by atoms with Gasteiger partial charge in [0.1, 0.15) is 18.5 Å². The molecule has 0 amide bonds. The molecule has 0 bridgehead atoms. The molecule has 0 aliphatic heterocycles. The maximum atomic E-state index is 12.2. The monoisotopic (exact) mass is 360 g/mol. The van der Waals surface area contributed by atoms with Gasteiger partial charge in [-0.15, -0.1) is 0 Å². The van der Waals surface area contributed by atoms with Crippen LogP contribution in [0, 0.1) is 17.2 Å². The number of hydrogen-bond donors (Lipinski definition) is 1. The second-order valence-corrected chi connectivity index (χ2v) is 6.16. The average Bonchev–Trinajstić information content (AvgIpc) is 2.62. The zero-order valence-electron chi connectivity index (χ0n) is 16.2. The maximum absolute atomic E-state index is 12.2. The summed E-state index contributed by atoms with van der Waals surface area (Å²) in [6, 6.07) is 5.84. The van der Waals surface area contributed by atoms with Crippen molar-refractivity contribution in [3.8, 4) is 6.07 Å². The second-order valence-electron chi connectivity index (χ2n) is 6.16.